The van der Waals surface area contributed by atoms with E-state index in [0.29, 0.717) is 43.5 Å². The Morgan fingerprint density at radius 1 is 1.20 bits per heavy atom. The van der Waals surface area contributed by atoms with E-state index in [1.807, 2.05) is 13.0 Å². The van der Waals surface area contributed by atoms with Crippen LogP contribution in [0.5, 0.6) is 11.6 Å². The van der Waals surface area contributed by atoms with Gasteiger partial charge in [0.05, 0.1) is 24.8 Å². The van der Waals surface area contributed by atoms with Gasteiger partial charge >= 0.3 is 6.18 Å². The molecule has 0 spiro atoms. The number of hydrogen-bond donors (Lipinski definition) is 2. The molecule has 1 aromatic carbocycles. The third kappa shape index (κ3) is 4.74. The fourth-order valence-corrected chi connectivity index (χ4v) is 5.17. The first-order valence-electron chi connectivity index (χ1n) is 11.8. The highest BCUT2D eigenvalue weighted by Crippen LogP contribution is 2.42. The van der Waals surface area contributed by atoms with E-state index in [2.05, 4.69) is 25.2 Å². The van der Waals surface area contributed by atoms with E-state index in [9.17, 15) is 13.2 Å². The van der Waals surface area contributed by atoms with Crippen molar-refractivity contribution in [3.63, 3.8) is 0 Å². The van der Waals surface area contributed by atoms with E-state index in [0.717, 1.165) is 24.8 Å². The van der Waals surface area contributed by atoms with Gasteiger partial charge in [0.1, 0.15) is 17.4 Å². The zero-order valence-electron chi connectivity index (χ0n) is 19.7. The van der Waals surface area contributed by atoms with Crippen LogP contribution < -0.4 is 14.8 Å². The molecule has 0 aliphatic carbocycles. The predicted molar refractivity (Wildman–Crippen MR) is 126 cm³/mol. The van der Waals surface area contributed by atoms with Gasteiger partial charge in [-0.15, -0.1) is 0 Å². The van der Waals surface area contributed by atoms with E-state index in [1.165, 1.54) is 19.2 Å². The molecule has 0 saturated carbocycles. The number of aromatic amines is 1. The number of methoxy groups -OCH3 is 1. The molecule has 11 heteroatoms. The molecule has 3 aromatic rings. The standard InChI is InChI=1S/C24H29F3N6O2/c1-3-35-22-17-8-9-28-21(17)30-23(31-22)29-18-7-6-15(13-19(18)34-2)20(24(25,26)27)33-12-11-32-10-4-5-16(32)14-33/h6-9,13,16,20H,3-5,10-12,14H2,1-2H3,(H2,28,29,30,31)/t16-,20?/m1/s1. The molecular formula is C24H29F3N6O2. The molecule has 2 aliphatic heterocycles. The average molecular weight is 491 g/mol. The highest BCUT2D eigenvalue weighted by Gasteiger charge is 2.47. The Morgan fingerprint density at radius 3 is 2.83 bits per heavy atom. The number of benzene rings is 1. The Bertz CT molecular complexity index is 1180. The van der Waals surface area contributed by atoms with Gasteiger partial charge in [0.25, 0.3) is 0 Å². The summed E-state index contributed by atoms with van der Waals surface area (Å²) >= 11 is 0. The van der Waals surface area contributed by atoms with Crippen molar-refractivity contribution in [2.45, 2.75) is 38.0 Å². The summed E-state index contributed by atoms with van der Waals surface area (Å²) in [7, 11) is 1.44. The number of nitrogens with one attached hydrogen (secondary N) is 2. The number of hydrogen-bond acceptors (Lipinski definition) is 7. The van der Waals surface area contributed by atoms with Crippen molar-refractivity contribution in [3.8, 4) is 11.6 Å². The Morgan fingerprint density at radius 2 is 2.06 bits per heavy atom. The van der Waals surface area contributed by atoms with Gasteiger partial charge in [0, 0.05) is 31.9 Å². The van der Waals surface area contributed by atoms with Crippen LogP contribution in [0.15, 0.2) is 30.5 Å². The fourth-order valence-electron chi connectivity index (χ4n) is 5.17. The smallest absolute Gasteiger partial charge is 0.408 e. The topological polar surface area (TPSA) is 78.5 Å². The molecule has 2 N–H and O–H groups in total. The summed E-state index contributed by atoms with van der Waals surface area (Å²) in [4.78, 5) is 15.8. The van der Waals surface area contributed by atoms with Gasteiger partial charge in [-0.25, -0.2) is 0 Å². The minimum absolute atomic E-state index is 0.155. The molecule has 0 radical (unpaired) electrons. The van der Waals surface area contributed by atoms with Crippen molar-refractivity contribution < 1.29 is 22.6 Å². The number of H-pyrrole nitrogens is 1. The van der Waals surface area contributed by atoms with Crippen molar-refractivity contribution in [2.24, 2.45) is 0 Å². The first kappa shape index (κ1) is 23.7. The van der Waals surface area contributed by atoms with E-state index in [1.54, 1.807) is 17.2 Å². The molecule has 1 unspecified atom stereocenters. The van der Waals surface area contributed by atoms with Gasteiger partial charge < -0.3 is 19.8 Å². The number of aromatic nitrogens is 3. The van der Waals surface area contributed by atoms with Crippen LogP contribution in [0.25, 0.3) is 11.0 Å². The summed E-state index contributed by atoms with van der Waals surface area (Å²) in [5.74, 6) is 0.948. The van der Waals surface area contributed by atoms with Crippen LogP contribution in [-0.2, 0) is 0 Å². The zero-order chi connectivity index (χ0) is 24.6. The molecule has 2 aliphatic rings. The normalized spacial score (nSPS) is 20.1. The number of piperazine rings is 1. The van der Waals surface area contributed by atoms with Gasteiger partial charge in [0.2, 0.25) is 11.8 Å². The molecule has 4 heterocycles. The predicted octanol–water partition coefficient (Wildman–Crippen LogP) is 4.49. The second-order valence-electron chi connectivity index (χ2n) is 8.88. The number of halogens is 3. The minimum atomic E-state index is -4.41. The van der Waals surface area contributed by atoms with Crippen molar-refractivity contribution in [2.75, 3.05) is 45.2 Å². The molecule has 2 aromatic heterocycles. The number of nitrogens with zero attached hydrogens (tertiary/aromatic N) is 4. The first-order valence-corrected chi connectivity index (χ1v) is 11.8. The third-order valence-electron chi connectivity index (χ3n) is 6.74. The molecular weight excluding hydrogens is 461 g/mol. The molecule has 188 valence electrons. The monoisotopic (exact) mass is 490 g/mol. The number of rotatable bonds is 7. The van der Waals surface area contributed by atoms with Crippen LogP contribution in [0.1, 0.15) is 31.4 Å². The van der Waals surface area contributed by atoms with E-state index in [-0.39, 0.29) is 23.3 Å². The van der Waals surface area contributed by atoms with Gasteiger partial charge in [-0.05, 0) is 50.1 Å². The van der Waals surface area contributed by atoms with Crippen LogP contribution in [0.4, 0.5) is 24.8 Å². The van der Waals surface area contributed by atoms with Crippen molar-refractivity contribution in [1.29, 1.82) is 0 Å². The lowest BCUT2D eigenvalue weighted by molar-refractivity contribution is -0.192. The van der Waals surface area contributed by atoms with Crippen LogP contribution in [-0.4, -0.2) is 76.9 Å². The van der Waals surface area contributed by atoms with E-state index >= 15 is 0 Å². The van der Waals surface area contributed by atoms with Gasteiger partial charge in [-0.3, -0.25) is 9.80 Å². The lowest BCUT2D eigenvalue weighted by Gasteiger charge is -2.42. The number of ether oxygens (including phenoxy) is 2. The molecule has 35 heavy (non-hydrogen) atoms. The van der Waals surface area contributed by atoms with Gasteiger partial charge in [0.15, 0.2) is 0 Å². The van der Waals surface area contributed by atoms with Gasteiger partial charge in [-0.2, -0.15) is 23.1 Å². The average Bonchev–Trinajstić information content (AvgIpc) is 3.48. The van der Waals surface area contributed by atoms with Crippen LogP contribution in [0.3, 0.4) is 0 Å². The number of alkyl halides is 3. The Balaban J connectivity index is 1.43. The molecule has 2 saturated heterocycles. The summed E-state index contributed by atoms with van der Waals surface area (Å²) < 4.78 is 54.0. The highest BCUT2D eigenvalue weighted by molar-refractivity contribution is 5.82. The maximum absolute atomic E-state index is 14.3. The lowest BCUT2D eigenvalue weighted by Crippen LogP contribution is -2.53. The van der Waals surface area contributed by atoms with E-state index < -0.39 is 12.2 Å². The molecule has 0 bridgehead atoms. The number of anilines is 2. The number of fused-ring (bicyclic) bond motifs is 2. The summed E-state index contributed by atoms with van der Waals surface area (Å²) in [6, 6.07) is 4.86. The lowest BCUT2D eigenvalue weighted by atomic mass is 10.0. The quantitative estimate of drug-likeness (QED) is 0.505. The maximum atomic E-state index is 14.3. The molecule has 8 nitrogen and oxygen atoms in total. The SMILES string of the molecule is CCOc1nc(Nc2ccc(C(N3CCN4CCC[C@@H]4C3)C(F)(F)F)cc2OC)nc2[nH]ccc12. The molecule has 2 fully saturated rings. The maximum Gasteiger partial charge on any atom is 0.408 e. The summed E-state index contributed by atoms with van der Waals surface area (Å²) in [6.45, 7) is 4.73. The third-order valence-corrected chi connectivity index (χ3v) is 6.74. The largest absolute Gasteiger partial charge is 0.495 e. The van der Waals surface area contributed by atoms with Gasteiger partial charge in [-0.1, -0.05) is 6.07 Å². The zero-order valence-corrected chi connectivity index (χ0v) is 19.7. The van der Waals surface area contributed by atoms with Crippen molar-refractivity contribution in [1.82, 2.24) is 24.8 Å². The second kappa shape index (κ2) is 9.54. The second-order valence-corrected chi connectivity index (χ2v) is 8.88. The van der Waals surface area contributed by atoms with Crippen LogP contribution >= 0.6 is 0 Å². The summed E-state index contributed by atoms with van der Waals surface area (Å²) in [5, 5.41) is 3.82. The van der Waals surface area contributed by atoms with E-state index in [4.69, 9.17) is 9.47 Å². The molecule has 2 atom stereocenters. The van der Waals surface area contributed by atoms with Crippen LogP contribution in [0.2, 0.25) is 0 Å². The Hall–Kier alpha value is -3.05. The summed E-state index contributed by atoms with van der Waals surface area (Å²) in [6.07, 6.45) is -0.675. The Kier molecular flexibility index (Phi) is 6.45. The first-order chi connectivity index (χ1) is 16.9. The summed E-state index contributed by atoms with van der Waals surface area (Å²) in [5.41, 5.74) is 1.21. The van der Waals surface area contributed by atoms with Crippen molar-refractivity contribution in [3.05, 3.63) is 36.0 Å². The highest BCUT2D eigenvalue weighted by atomic mass is 19.4. The fraction of sp³-hybridized carbons (Fsp3) is 0.500. The minimum Gasteiger partial charge on any atom is -0.495 e. The Labute approximate surface area is 201 Å². The van der Waals surface area contributed by atoms with Crippen molar-refractivity contribution >= 4 is 22.7 Å². The molecule has 5 rings (SSSR count). The molecule has 0 amide bonds. The van der Waals surface area contributed by atoms with Crippen LogP contribution in [0, 0.1) is 0 Å².